The van der Waals surface area contributed by atoms with Gasteiger partial charge in [-0.3, -0.25) is 0 Å². The molecule has 2 rings (SSSR count). The first-order valence-corrected chi connectivity index (χ1v) is 7.99. The molecule has 0 aliphatic heterocycles. The highest BCUT2D eigenvalue weighted by molar-refractivity contribution is 7.89. The smallest absolute Gasteiger partial charge is 0.240 e. The summed E-state index contributed by atoms with van der Waals surface area (Å²) in [6, 6.07) is 8.88. The van der Waals surface area contributed by atoms with Gasteiger partial charge >= 0.3 is 0 Å². The Morgan fingerprint density at radius 2 is 1.75 bits per heavy atom. The number of rotatable bonds is 4. The van der Waals surface area contributed by atoms with Gasteiger partial charge in [-0.2, -0.15) is 0 Å². The third-order valence-electron chi connectivity index (χ3n) is 3.16. The van der Waals surface area contributed by atoms with E-state index in [0.29, 0.717) is 4.90 Å². The predicted octanol–water partition coefficient (Wildman–Crippen LogP) is 2.79. The second-order valence-electron chi connectivity index (χ2n) is 5.82. The van der Waals surface area contributed by atoms with E-state index in [9.17, 15) is 8.42 Å². The van der Waals surface area contributed by atoms with Gasteiger partial charge in [0.15, 0.2) is 0 Å². The molecule has 4 nitrogen and oxygen atoms in total. The second kappa shape index (κ2) is 5.42. The molecule has 0 fully saturated rings. The summed E-state index contributed by atoms with van der Waals surface area (Å²) in [5.41, 5.74) is 2.03. The topological polar surface area (TPSA) is 62.0 Å². The van der Waals surface area contributed by atoms with Crippen molar-refractivity contribution in [1.82, 2.24) is 9.71 Å². The number of H-pyrrole nitrogens is 1. The number of aromatic nitrogens is 1. The normalized spacial score (nSPS) is 12.6. The van der Waals surface area contributed by atoms with Crippen LogP contribution in [0.1, 0.15) is 31.9 Å². The molecule has 1 aromatic carbocycles. The molecule has 0 saturated heterocycles. The summed E-state index contributed by atoms with van der Waals surface area (Å²) < 4.78 is 26.9. The van der Waals surface area contributed by atoms with Crippen LogP contribution in [0.15, 0.2) is 47.6 Å². The molecule has 0 aliphatic carbocycles. The fourth-order valence-electron chi connectivity index (χ4n) is 1.86. The summed E-state index contributed by atoms with van der Waals surface area (Å²) in [6.07, 6.45) is 3.53. The minimum Gasteiger partial charge on any atom is -0.367 e. The van der Waals surface area contributed by atoms with Gasteiger partial charge in [0, 0.05) is 18.9 Å². The number of nitrogens with one attached hydrogen (secondary N) is 2. The van der Waals surface area contributed by atoms with Crippen molar-refractivity contribution in [3.63, 3.8) is 0 Å². The van der Waals surface area contributed by atoms with Gasteiger partial charge in [0.1, 0.15) is 0 Å². The van der Waals surface area contributed by atoms with Crippen molar-refractivity contribution < 1.29 is 8.42 Å². The van der Waals surface area contributed by atoms with Gasteiger partial charge < -0.3 is 4.98 Å². The van der Waals surface area contributed by atoms with Gasteiger partial charge in [0.25, 0.3) is 0 Å². The Labute approximate surface area is 120 Å². The number of hydrogen-bond acceptors (Lipinski definition) is 2. The molecule has 1 heterocycles. The quantitative estimate of drug-likeness (QED) is 0.910. The Balaban J connectivity index is 2.13. The molecule has 108 valence electrons. The summed E-state index contributed by atoms with van der Waals surface area (Å²) in [4.78, 5) is 3.19. The van der Waals surface area contributed by atoms with Gasteiger partial charge in [-0.1, -0.05) is 32.9 Å². The van der Waals surface area contributed by atoms with Crippen molar-refractivity contribution in [2.24, 2.45) is 0 Å². The van der Waals surface area contributed by atoms with Gasteiger partial charge in [0.2, 0.25) is 10.0 Å². The maximum atomic E-state index is 12.2. The van der Waals surface area contributed by atoms with E-state index in [1.807, 2.05) is 18.2 Å². The highest BCUT2D eigenvalue weighted by Crippen LogP contribution is 2.23. The molecule has 2 N–H and O–H groups in total. The van der Waals surface area contributed by atoms with Gasteiger partial charge in [-0.25, -0.2) is 13.1 Å². The maximum Gasteiger partial charge on any atom is 0.240 e. The number of hydrogen-bond donors (Lipinski definition) is 2. The molecule has 0 spiro atoms. The van der Waals surface area contributed by atoms with Crippen LogP contribution in [0.2, 0.25) is 0 Å². The third-order valence-corrected chi connectivity index (χ3v) is 4.58. The second-order valence-corrected chi connectivity index (χ2v) is 7.59. The monoisotopic (exact) mass is 292 g/mol. The molecular weight excluding hydrogens is 272 g/mol. The van der Waals surface area contributed by atoms with Gasteiger partial charge in [-0.05, 0) is 34.7 Å². The summed E-state index contributed by atoms with van der Waals surface area (Å²) >= 11 is 0. The Kier molecular flexibility index (Phi) is 4.01. The molecule has 0 aliphatic rings. The summed E-state index contributed by atoms with van der Waals surface area (Å²) in [6.45, 7) is 6.58. The predicted molar refractivity (Wildman–Crippen MR) is 80.0 cm³/mol. The molecule has 5 heteroatoms. The molecule has 0 radical (unpaired) electrons. The average molecular weight is 292 g/mol. The van der Waals surface area contributed by atoms with E-state index >= 15 is 0 Å². The lowest BCUT2D eigenvalue weighted by Gasteiger charge is -2.19. The highest BCUT2D eigenvalue weighted by atomic mass is 32.2. The number of aromatic amines is 1. The van der Waals surface area contributed by atoms with E-state index in [2.05, 4.69) is 30.5 Å². The molecule has 0 amide bonds. The van der Waals surface area contributed by atoms with Crippen molar-refractivity contribution in [1.29, 1.82) is 0 Å². The van der Waals surface area contributed by atoms with Crippen LogP contribution in [0.5, 0.6) is 0 Å². The van der Waals surface area contributed by atoms with Crippen LogP contribution >= 0.6 is 0 Å². The zero-order chi connectivity index (χ0) is 14.8. The fraction of sp³-hybridized carbons (Fsp3) is 0.333. The molecule has 0 bridgehead atoms. The van der Waals surface area contributed by atoms with Crippen LogP contribution in [0, 0.1) is 0 Å². The largest absolute Gasteiger partial charge is 0.367 e. The molecule has 1 aromatic heterocycles. The maximum absolute atomic E-state index is 12.2. The van der Waals surface area contributed by atoms with E-state index in [4.69, 9.17) is 0 Å². The van der Waals surface area contributed by atoms with Crippen LogP contribution in [0.4, 0.5) is 0 Å². The number of sulfonamides is 1. The lowest BCUT2D eigenvalue weighted by atomic mass is 9.87. The summed E-state index contributed by atoms with van der Waals surface area (Å²) in [7, 11) is -3.46. The van der Waals surface area contributed by atoms with Crippen molar-refractivity contribution in [3.8, 4) is 0 Å². The van der Waals surface area contributed by atoms with Crippen molar-refractivity contribution in [2.75, 3.05) is 0 Å². The fourth-order valence-corrected chi connectivity index (χ4v) is 2.88. The minimum atomic E-state index is -3.46. The SMILES string of the molecule is CC(C)(C)c1ccc(S(=O)(=O)NCc2cc[nH]c2)cc1. The minimum absolute atomic E-state index is 0.0147. The molecule has 0 atom stereocenters. The summed E-state index contributed by atoms with van der Waals surface area (Å²) in [5, 5.41) is 0. The zero-order valence-electron chi connectivity index (χ0n) is 12.0. The van der Waals surface area contributed by atoms with E-state index in [1.165, 1.54) is 0 Å². The first-order valence-electron chi connectivity index (χ1n) is 6.51. The first kappa shape index (κ1) is 14.8. The van der Waals surface area contributed by atoms with E-state index in [1.54, 1.807) is 24.5 Å². The van der Waals surface area contributed by atoms with Crippen LogP contribution in [-0.4, -0.2) is 13.4 Å². The molecule has 0 unspecified atom stereocenters. The van der Waals surface area contributed by atoms with Crippen molar-refractivity contribution in [2.45, 2.75) is 37.6 Å². The molecule has 2 aromatic rings. The van der Waals surface area contributed by atoms with E-state index < -0.39 is 10.0 Å². The Morgan fingerprint density at radius 3 is 2.25 bits per heavy atom. The summed E-state index contributed by atoms with van der Waals surface area (Å²) in [5.74, 6) is 0. The molecule has 20 heavy (non-hydrogen) atoms. The van der Waals surface area contributed by atoms with Crippen LogP contribution in [0.3, 0.4) is 0 Å². The lowest BCUT2D eigenvalue weighted by Crippen LogP contribution is -2.23. The van der Waals surface area contributed by atoms with Crippen LogP contribution in [-0.2, 0) is 22.0 Å². The van der Waals surface area contributed by atoms with E-state index in [0.717, 1.165) is 11.1 Å². The van der Waals surface area contributed by atoms with Crippen molar-refractivity contribution >= 4 is 10.0 Å². The lowest BCUT2D eigenvalue weighted by molar-refractivity contribution is 0.578. The first-order chi connectivity index (χ1) is 9.29. The van der Waals surface area contributed by atoms with E-state index in [-0.39, 0.29) is 12.0 Å². The van der Waals surface area contributed by atoms with Crippen LogP contribution in [0.25, 0.3) is 0 Å². The molecular formula is C15H20N2O2S. The zero-order valence-corrected chi connectivity index (χ0v) is 12.8. The van der Waals surface area contributed by atoms with Gasteiger partial charge in [0.05, 0.1) is 4.90 Å². The number of benzene rings is 1. The van der Waals surface area contributed by atoms with Crippen molar-refractivity contribution in [3.05, 3.63) is 53.9 Å². The standard InChI is InChI=1S/C15H20N2O2S/c1-15(2,3)13-4-6-14(7-5-13)20(18,19)17-11-12-8-9-16-10-12/h4-10,16-17H,11H2,1-3H3. The third kappa shape index (κ3) is 3.49. The Bertz CT molecular complexity index is 651. The highest BCUT2D eigenvalue weighted by Gasteiger charge is 2.17. The Morgan fingerprint density at radius 1 is 1.10 bits per heavy atom. The van der Waals surface area contributed by atoms with Gasteiger partial charge in [-0.15, -0.1) is 0 Å². The Hall–Kier alpha value is -1.59. The van der Waals surface area contributed by atoms with Crippen LogP contribution < -0.4 is 4.72 Å². The molecule has 0 saturated carbocycles. The average Bonchev–Trinajstić information content (AvgIpc) is 2.89.